The quantitative estimate of drug-likeness (QED) is 0.838. The van der Waals surface area contributed by atoms with Crippen LogP contribution in [0, 0.1) is 0 Å². The van der Waals surface area contributed by atoms with E-state index in [2.05, 4.69) is 32.7 Å². The van der Waals surface area contributed by atoms with Crippen LogP contribution >= 0.6 is 11.3 Å². The van der Waals surface area contributed by atoms with E-state index >= 15 is 0 Å². The van der Waals surface area contributed by atoms with Gasteiger partial charge in [-0.15, -0.1) is 11.3 Å². The lowest BCUT2D eigenvalue weighted by Crippen LogP contribution is -2.04. The van der Waals surface area contributed by atoms with Crippen LogP contribution in [0.3, 0.4) is 0 Å². The summed E-state index contributed by atoms with van der Waals surface area (Å²) >= 11 is 1.62. The molecule has 0 radical (unpaired) electrons. The summed E-state index contributed by atoms with van der Waals surface area (Å²) in [6.07, 6.45) is 3.11. The summed E-state index contributed by atoms with van der Waals surface area (Å²) in [6.45, 7) is 2.86. The molecule has 0 aliphatic heterocycles. The molecule has 5 nitrogen and oxygen atoms in total. The van der Waals surface area contributed by atoms with E-state index in [0.29, 0.717) is 5.89 Å². The molecule has 0 amide bonds. The van der Waals surface area contributed by atoms with Gasteiger partial charge in [-0.3, -0.25) is 0 Å². The molecule has 0 spiro atoms. The van der Waals surface area contributed by atoms with Gasteiger partial charge in [-0.2, -0.15) is 4.98 Å². The van der Waals surface area contributed by atoms with Crippen LogP contribution < -0.4 is 5.32 Å². The second-order valence-electron chi connectivity index (χ2n) is 3.01. The van der Waals surface area contributed by atoms with Crippen LogP contribution in [0.25, 0.3) is 0 Å². The van der Waals surface area contributed by atoms with Crippen LogP contribution in [-0.2, 0) is 12.8 Å². The number of aromatic nitrogens is 3. The highest BCUT2D eigenvalue weighted by atomic mass is 32.1. The minimum atomic E-state index is 0.648. The van der Waals surface area contributed by atoms with Gasteiger partial charge in [-0.1, -0.05) is 12.1 Å². The predicted molar refractivity (Wildman–Crippen MR) is 58.0 cm³/mol. The van der Waals surface area contributed by atoms with Gasteiger partial charge in [0.1, 0.15) is 0 Å². The smallest absolute Gasteiger partial charge is 0.228 e. The minimum absolute atomic E-state index is 0.648. The largest absolute Gasteiger partial charge is 0.361 e. The second-order valence-corrected chi connectivity index (χ2v) is 3.87. The average Bonchev–Trinajstić information content (AvgIpc) is 2.88. The molecule has 0 bridgehead atoms. The first-order valence-corrected chi connectivity index (χ1v) is 5.70. The third-order valence-corrected chi connectivity index (χ3v) is 2.78. The molecule has 0 fully saturated rings. The summed E-state index contributed by atoms with van der Waals surface area (Å²) in [5.41, 5.74) is 1.13. The molecule has 0 saturated heterocycles. The third-order valence-electron chi connectivity index (χ3n) is 1.94. The van der Waals surface area contributed by atoms with Crippen LogP contribution in [-0.4, -0.2) is 21.7 Å². The Bertz CT molecular complexity index is 398. The molecular weight excluding hydrogens is 212 g/mol. The summed E-state index contributed by atoms with van der Waals surface area (Å²) < 4.78 is 4.88. The Morgan fingerprint density at radius 1 is 1.53 bits per heavy atom. The molecule has 15 heavy (non-hydrogen) atoms. The van der Waals surface area contributed by atoms with Gasteiger partial charge in [0, 0.05) is 18.3 Å². The molecule has 2 aromatic heterocycles. The Labute approximate surface area is 91.5 Å². The maximum atomic E-state index is 4.88. The molecule has 0 aliphatic carbocycles. The maximum absolute atomic E-state index is 4.88. The van der Waals surface area contributed by atoms with Crippen LogP contribution in [0.2, 0.25) is 0 Å². The lowest BCUT2D eigenvalue weighted by Gasteiger charge is -1.98. The molecule has 0 saturated carbocycles. The van der Waals surface area contributed by atoms with Crippen molar-refractivity contribution in [2.45, 2.75) is 19.8 Å². The number of rotatable bonds is 5. The highest BCUT2D eigenvalue weighted by Gasteiger charge is 2.01. The van der Waals surface area contributed by atoms with Crippen molar-refractivity contribution < 1.29 is 4.52 Å². The molecule has 0 aliphatic rings. The summed E-state index contributed by atoms with van der Waals surface area (Å²) in [6, 6.07) is 0. The van der Waals surface area contributed by atoms with Gasteiger partial charge >= 0.3 is 0 Å². The number of hydrogen-bond acceptors (Lipinski definition) is 6. The monoisotopic (exact) mass is 224 g/mol. The maximum Gasteiger partial charge on any atom is 0.228 e. The van der Waals surface area contributed by atoms with Crippen LogP contribution in [0.4, 0.5) is 5.13 Å². The highest BCUT2D eigenvalue weighted by Crippen LogP contribution is 2.15. The number of aryl methyl sites for hydroxylation is 1. The molecule has 0 atom stereocenters. The van der Waals surface area contributed by atoms with Crippen molar-refractivity contribution in [1.82, 2.24) is 15.1 Å². The lowest BCUT2D eigenvalue weighted by atomic mass is 10.4. The summed E-state index contributed by atoms with van der Waals surface area (Å²) in [5.74, 6) is 0.648. The minimum Gasteiger partial charge on any atom is -0.361 e. The van der Waals surface area contributed by atoms with Gasteiger partial charge in [0.15, 0.2) is 11.5 Å². The number of hydrogen-bond donors (Lipinski definition) is 1. The van der Waals surface area contributed by atoms with Crippen molar-refractivity contribution in [3.05, 3.63) is 23.3 Å². The zero-order valence-corrected chi connectivity index (χ0v) is 9.25. The van der Waals surface area contributed by atoms with E-state index in [1.54, 1.807) is 11.3 Å². The van der Waals surface area contributed by atoms with Crippen molar-refractivity contribution in [3.8, 4) is 0 Å². The molecule has 1 N–H and O–H groups in total. The highest BCUT2D eigenvalue weighted by molar-refractivity contribution is 7.13. The van der Waals surface area contributed by atoms with Crippen LogP contribution in [0.5, 0.6) is 0 Å². The van der Waals surface area contributed by atoms with E-state index in [9.17, 15) is 0 Å². The van der Waals surface area contributed by atoms with Gasteiger partial charge < -0.3 is 9.84 Å². The Balaban J connectivity index is 1.78. The first-order chi connectivity index (χ1) is 7.38. The van der Waals surface area contributed by atoms with Crippen molar-refractivity contribution >= 4 is 16.5 Å². The SMILES string of the molecule is CCc1csc(NCCc2ncno2)n1. The molecule has 2 rings (SSSR count). The topological polar surface area (TPSA) is 63.8 Å². The zero-order chi connectivity index (χ0) is 10.5. The summed E-state index contributed by atoms with van der Waals surface area (Å²) in [7, 11) is 0. The fraction of sp³-hybridized carbons (Fsp3) is 0.444. The van der Waals surface area contributed by atoms with Crippen molar-refractivity contribution in [3.63, 3.8) is 0 Å². The molecular formula is C9H12N4OS. The molecule has 80 valence electrons. The Morgan fingerprint density at radius 2 is 2.47 bits per heavy atom. The first kappa shape index (κ1) is 10.1. The third kappa shape index (κ3) is 2.76. The number of nitrogens with zero attached hydrogens (tertiary/aromatic N) is 3. The van der Waals surface area contributed by atoms with Crippen molar-refractivity contribution in [1.29, 1.82) is 0 Å². The number of nitrogens with one attached hydrogen (secondary N) is 1. The van der Waals surface area contributed by atoms with Crippen molar-refractivity contribution in [2.75, 3.05) is 11.9 Å². The molecule has 0 aromatic carbocycles. The van der Waals surface area contributed by atoms with E-state index in [0.717, 1.165) is 30.2 Å². The van der Waals surface area contributed by atoms with Gasteiger partial charge in [0.2, 0.25) is 5.89 Å². The molecule has 6 heteroatoms. The zero-order valence-electron chi connectivity index (χ0n) is 8.43. The fourth-order valence-corrected chi connectivity index (χ4v) is 1.96. The van der Waals surface area contributed by atoms with Gasteiger partial charge in [-0.05, 0) is 6.42 Å². The average molecular weight is 224 g/mol. The molecule has 2 heterocycles. The van der Waals surface area contributed by atoms with Crippen LogP contribution in [0.15, 0.2) is 16.2 Å². The van der Waals surface area contributed by atoms with E-state index < -0.39 is 0 Å². The lowest BCUT2D eigenvalue weighted by molar-refractivity contribution is 0.380. The normalized spacial score (nSPS) is 10.5. The Morgan fingerprint density at radius 3 is 3.13 bits per heavy atom. The van der Waals surface area contributed by atoms with Crippen molar-refractivity contribution in [2.24, 2.45) is 0 Å². The first-order valence-electron chi connectivity index (χ1n) is 4.82. The molecule has 2 aromatic rings. The number of anilines is 1. The van der Waals surface area contributed by atoms with Crippen LogP contribution in [0.1, 0.15) is 18.5 Å². The van der Waals surface area contributed by atoms with Gasteiger partial charge in [-0.25, -0.2) is 4.98 Å². The van der Waals surface area contributed by atoms with E-state index in [1.807, 2.05) is 0 Å². The van der Waals surface area contributed by atoms with Gasteiger partial charge in [0.05, 0.1) is 5.69 Å². The Kier molecular flexibility index (Phi) is 3.29. The fourth-order valence-electron chi connectivity index (χ4n) is 1.13. The standard InChI is InChI=1S/C9H12N4OS/c1-2-7-5-15-9(13-7)10-4-3-8-11-6-12-14-8/h5-6H,2-4H2,1H3,(H,10,13). The van der Waals surface area contributed by atoms with Gasteiger partial charge in [0.25, 0.3) is 0 Å². The second kappa shape index (κ2) is 4.88. The Hall–Kier alpha value is -1.43. The predicted octanol–water partition coefficient (Wildman–Crippen LogP) is 1.74. The number of thiazole rings is 1. The summed E-state index contributed by atoms with van der Waals surface area (Å²) in [4.78, 5) is 8.32. The van der Waals surface area contributed by atoms with E-state index in [4.69, 9.17) is 4.52 Å². The molecule has 0 unspecified atom stereocenters. The van der Waals surface area contributed by atoms with E-state index in [-0.39, 0.29) is 0 Å². The summed E-state index contributed by atoms with van der Waals surface area (Å²) in [5, 5.41) is 9.77. The van der Waals surface area contributed by atoms with E-state index in [1.165, 1.54) is 6.33 Å².